The minimum absolute atomic E-state index is 0.0959. The van der Waals surface area contributed by atoms with E-state index < -0.39 is 15.9 Å². The van der Waals surface area contributed by atoms with Gasteiger partial charge in [-0.05, 0) is 37.3 Å². The zero-order chi connectivity index (χ0) is 20.6. The highest BCUT2D eigenvalue weighted by Crippen LogP contribution is 2.24. The van der Waals surface area contributed by atoms with Crippen LogP contribution in [0.15, 0.2) is 53.4 Å². The Labute approximate surface area is 164 Å². The lowest BCUT2D eigenvalue weighted by Gasteiger charge is -2.23. The monoisotopic (exact) mass is 410 g/mol. The van der Waals surface area contributed by atoms with Crippen molar-refractivity contribution in [1.29, 1.82) is 0 Å². The summed E-state index contributed by atoms with van der Waals surface area (Å²) in [5.41, 5.74) is 0.510. The van der Waals surface area contributed by atoms with Gasteiger partial charge in [0.1, 0.15) is 16.5 Å². The largest absolute Gasteiger partial charge is 0.383 e. The van der Waals surface area contributed by atoms with Gasteiger partial charge >= 0.3 is 16.1 Å². The summed E-state index contributed by atoms with van der Waals surface area (Å²) < 4.78 is 48.4. The molecule has 0 atom stereocenters. The minimum atomic E-state index is -4.15. The third kappa shape index (κ3) is 5.93. The van der Waals surface area contributed by atoms with E-state index in [1.165, 1.54) is 18.1 Å². The molecular formula is C19H23FN2O5S. The summed E-state index contributed by atoms with van der Waals surface area (Å²) in [5.74, 6) is -0.450. The number of halogens is 1. The molecule has 9 heteroatoms. The quantitative estimate of drug-likeness (QED) is 0.643. The number of rotatable bonds is 9. The van der Waals surface area contributed by atoms with Crippen molar-refractivity contribution in [3.63, 3.8) is 0 Å². The Bertz CT molecular complexity index is 887. The molecule has 0 bridgehead atoms. The molecular weight excluding hydrogens is 387 g/mol. The van der Waals surface area contributed by atoms with E-state index in [4.69, 9.17) is 8.92 Å². The smallest absolute Gasteiger partial charge is 0.339 e. The van der Waals surface area contributed by atoms with Gasteiger partial charge in [-0.25, -0.2) is 9.18 Å². The van der Waals surface area contributed by atoms with Crippen molar-refractivity contribution >= 4 is 16.1 Å². The van der Waals surface area contributed by atoms with Crippen molar-refractivity contribution in [1.82, 2.24) is 10.2 Å². The first kappa shape index (κ1) is 21.6. The maximum atomic E-state index is 13.1. The first-order chi connectivity index (χ1) is 13.4. The molecule has 2 amide bonds. The molecule has 0 aliphatic heterocycles. The molecule has 28 heavy (non-hydrogen) atoms. The van der Waals surface area contributed by atoms with E-state index in [1.54, 1.807) is 25.1 Å². The number of amides is 2. The minimum Gasteiger partial charge on any atom is -0.383 e. The van der Waals surface area contributed by atoms with Gasteiger partial charge in [-0.3, -0.25) is 0 Å². The Hall–Kier alpha value is -2.65. The van der Waals surface area contributed by atoms with Crippen molar-refractivity contribution in [2.24, 2.45) is 0 Å². The Balaban J connectivity index is 2.25. The number of nitrogens with zero attached hydrogens (tertiary/aromatic N) is 1. The van der Waals surface area contributed by atoms with Gasteiger partial charge in [0.15, 0.2) is 0 Å². The van der Waals surface area contributed by atoms with E-state index in [2.05, 4.69) is 5.32 Å². The number of urea groups is 1. The zero-order valence-corrected chi connectivity index (χ0v) is 16.5. The summed E-state index contributed by atoms with van der Waals surface area (Å²) in [5, 5.41) is 2.71. The van der Waals surface area contributed by atoms with Crippen LogP contribution in [0.1, 0.15) is 12.5 Å². The molecule has 0 fully saturated rings. The molecule has 0 aliphatic rings. The van der Waals surface area contributed by atoms with Crippen LogP contribution in [0.2, 0.25) is 0 Å². The first-order valence-corrected chi connectivity index (χ1v) is 10.1. The van der Waals surface area contributed by atoms with Crippen molar-refractivity contribution in [2.45, 2.75) is 18.4 Å². The third-order valence-corrected chi connectivity index (χ3v) is 5.06. The van der Waals surface area contributed by atoms with Crippen LogP contribution in [-0.4, -0.2) is 46.2 Å². The first-order valence-electron chi connectivity index (χ1n) is 8.67. The van der Waals surface area contributed by atoms with Gasteiger partial charge in [-0.2, -0.15) is 8.42 Å². The number of hydrogen-bond donors (Lipinski definition) is 1. The van der Waals surface area contributed by atoms with Crippen LogP contribution in [0.5, 0.6) is 5.75 Å². The number of para-hydroxylation sites is 1. The number of carbonyl (C=O) groups excluding carboxylic acids is 1. The van der Waals surface area contributed by atoms with Crippen LogP contribution in [0.4, 0.5) is 9.18 Å². The Morgan fingerprint density at radius 2 is 1.82 bits per heavy atom. The number of methoxy groups -OCH3 is 1. The highest BCUT2D eigenvalue weighted by molar-refractivity contribution is 7.87. The van der Waals surface area contributed by atoms with Gasteiger partial charge in [0.05, 0.1) is 13.2 Å². The number of ether oxygens (including phenoxy) is 1. The van der Waals surface area contributed by atoms with E-state index >= 15 is 0 Å². The predicted molar refractivity (Wildman–Crippen MR) is 102 cm³/mol. The van der Waals surface area contributed by atoms with Crippen LogP contribution in [0.3, 0.4) is 0 Å². The van der Waals surface area contributed by atoms with Crippen molar-refractivity contribution < 1.29 is 26.5 Å². The van der Waals surface area contributed by atoms with Crippen LogP contribution >= 0.6 is 0 Å². The van der Waals surface area contributed by atoms with Gasteiger partial charge in [-0.1, -0.05) is 18.2 Å². The van der Waals surface area contributed by atoms with Gasteiger partial charge in [0.2, 0.25) is 0 Å². The molecule has 0 saturated carbocycles. The lowest BCUT2D eigenvalue weighted by atomic mass is 10.2. The normalized spacial score (nSPS) is 11.1. The second kappa shape index (κ2) is 10.0. The van der Waals surface area contributed by atoms with Crippen LogP contribution in [0.25, 0.3) is 0 Å². The number of hydrogen-bond acceptors (Lipinski definition) is 5. The zero-order valence-electron chi connectivity index (χ0n) is 15.7. The van der Waals surface area contributed by atoms with E-state index in [-0.39, 0.29) is 23.2 Å². The lowest BCUT2D eigenvalue weighted by molar-refractivity contribution is 0.146. The van der Waals surface area contributed by atoms with E-state index in [0.29, 0.717) is 25.3 Å². The molecule has 0 saturated heterocycles. The third-order valence-electron chi connectivity index (χ3n) is 3.82. The van der Waals surface area contributed by atoms with Crippen molar-refractivity contribution in [2.75, 3.05) is 26.8 Å². The molecule has 0 spiro atoms. The summed E-state index contributed by atoms with van der Waals surface area (Å²) >= 11 is 0. The number of benzene rings is 2. The maximum Gasteiger partial charge on any atom is 0.339 e. The van der Waals surface area contributed by atoms with Crippen molar-refractivity contribution in [3.8, 4) is 5.75 Å². The second-order valence-corrected chi connectivity index (χ2v) is 7.40. The predicted octanol–water partition coefficient (Wildman–Crippen LogP) is 2.77. The summed E-state index contributed by atoms with van der Waals surface area (Å²) in [7, 11) is -2.62. The molecule has 0 aliphatic carbocycles. The van der Waals surface area contributed by atoms with Crippen LogP contribution in [0, 0.1) is 5.82 Å². The molecule has 0 heterocycles. The molecule has 0 unspecified atom stereocenters. The van der Waals surface area contributed by atoms with E-state index in [0.717, 1.165) is 24.3 Å². The molecule has 0 aromatic heterocycles. The van der Waals surface area contributed by atoms with Crippen LogP contribution < -0.4 is 9.50 Å². The second-order valence-electron chi connectivity index (χ2n) is 5.85. The summed E-state index contributed by atoms with van der Waals surface area (Å²) in [4.78, 5) is 13.6. The van der Waals surface area contributed by atoms with Gasteiger partial charge < -0.3 is 19.1 Å². The lowest BCUT2D eigenvalue weighted by Crippen LogP contribution is -2.41. The van der Waals surface area contributed by atoms with Crippen molar-refractivity contribution in [3.05, 3.63) is 59.9 Å². The van der Waals surface area contributed by atoms with Gasteiger partial charge in [0.25, 0.3) is 0 Å². The maximum absolute atomic E-state index is 13.1. The highest BCUT2D eigenvalue weighted by atomic mass is 32.2. The Kier molecular flexibility index (Phi) is 7.77. The fourth-order valence-corrected chi connectivity index (χ4v) is 3.37. The molecule has 2 aromatic carbocycles. The molecule has 2 rings (SSSR count). The SMILES string of the molecule is CCNC(=O)N(CCOC)Cc1ccccc1OS(=O)(=O)c1ccc(F)cc1. The average Bonchev–Trinajstić information content (AvgIpc) is 2.66. The highest BCUT2D eigenvalue weighted by Gasteiger charge is 2.21. The van der Waals surface area contributed by atoms with E-state index in [1.807, 2.05) is 0 Å². The number of nitrogens with one attached hydrogen (secondary N) is 1. The fourth-order valence-electron chi connectivity index (χ4n) is 2.41. The molecule has 0 radical (unpaired) electrons. The van der Waals surface area contributed by atoms with Gasteiger partial charge in [-0.15, -0.1) is 0 Å². The molecule has 2 aromatic rings. The Morgan fingerprint density at radius 1 is 1.14 bits per heavy atom. The number of carbonyl (C=O) groups is 1. The standard InChI is InChI=1S/C19H23FN2O5S/c1-3-21-19(23)22(12-13-26-2)14-15-6-4-5-7-18(15)27-28(24,25)17-10-8-16(20)9-11-17/h4-11H,3,12-14H2,1-2H3,(H,21,23). The summed E-state index contributed by atoms with van der Waals surface area (Å²) in [6.07, 6.45) is 0. The van der Waals surface area contributed by atoms with Gasteiger partial charge in [0, 0.05) is 25.8 Å². The molecule has 7 nitrogen and oxygen atoms in total. The topological polar surface area (TPSA) is 84.9 Å². The van der Waals surface area contributed by atoms with Crippen LogP contribution in [-0.2, 0) is 21.4 Å². The summed E-state index contributed by atoms with van der Waals surface area (Å²) in [6.45, 7) is 3.04. The Morgan fingerprint density at radius 3 is 2.46 bits per heavy atom. The summed E-state index contributed by atoms with van der Waals surface area (Å²) in [6, 6.07) is 10.6. The molecule has 152 valence electrons. The average molecular weight is 410 g/mol. The fraction of sp³-hybridized carbons (Fsp3) is 0.316. The van der Waals surface area contributed by atoms with E-state index in [9.17, 15) is 17.6 Å². The molecule has 1 N–H and O–H groups in total.